The van der Waals surface area contributed by atoms with E-state index in [1.165, 1.54) is 16.9 Å². The van der Waals surface area contributed by atoms with Gasteiger partial charge in [0.25, 0.3) is 0 Å². The fourth-order valence-electron chi connectivity index (χ4n) is 3.58. The van der Waals surface area contributed by atoms with Crippen molar-refractivity contribution in [2.24, 2.45) is 5.92 Å². The van der Waals surface area contributed by atoms with Crippen LogP contribution in [0.5, 0.6) is 0 Å². The lowest BCUT2D eigenvalue weighted by atomic mass is 9.95. The number of nitrogens with one attached hydrogen (secondary N) is 1. The Labute approximate surface area is 179 Å². The molecule has 0 spiro atoms. The number of hydrogen-bond acceptors (Lipinski definition) is 5. The Balaban J connectivity index is 1.26. The molecule has 1 fully saturated rings. The number of amides is 1. The summed E-state index contributed by atoms with van der Waals surface area (Å²) in [5.74, 6) is 0.0450. The van der Waals surface area contributed by atoms with E-state index in [0.717, 1.165) is 54.5 Å². The van der Waals surface area contributed by atoms with Gasteiger partial charge >= 0.3 is 0 Å². The number of aryl methyl sites for hydroxylation is 2. The average molecular weight is 427 g/mol. The number of rotatable bonds is 6. The minimum atomic E-state index is 0.00195. The zero-order chi connectivity index (χ0) is 20.1. The predicted octanol–water partition coefficient (Wildman–Crippen LogP) is 4.83. The van der Waals surface area contributed by atoms with Crippen molar-refractivity contribution in [3.05, 3.63) is 70.2 Å². The minimum absolute atomic E-state index is 0.00195. The van der Waals surface area contributed by atoms with E-state index in [1.807, 2.05) is 36.4 Å². The monoisotopic (exact) mass is 426 g/mol. The standard InChI is InChI=1S/C22H23ClN4OS/c23-18-7-4-8-19(15-18)27-13-11-17(12-14-27)21(28)24-22-26-25-20(29-22)10-9-16-5-2-1-3-6-16/h1-8,15,17H,9-14H2,(H,24,26,28). The number of aromatic nitrogens is 2. The zero-order valence-corrected chi connectivity index (χ0v) is 17.6. The number of carbonyl (C=O) groups excluding carboxylic acids is 1. The molecule has 0 bridgehead atoms. The molecule has 1 amide bonds. The third kappa shape index (κ3) is 5.34. The van der Waals surface area contributed by atoms with Crippen LogP contribution in [0.2, 0.25) is 5.02 Å². The first kappa shape index (κ1) is 19.9. The molecule has 0 atom stereocenters. The molecule has 1 aliphatic heterocycles. The van der Waals surface area contributed by atoms with Crippen LogP contribution in [-0.4, -0.2) is 29.2 Å². The van der Waals surface area contributed by atoms with Crippen LogP contribution in [0.3, 0.4) is 0 Å². The molecule has 1 aromatic heterocycles. The van der Waals surface area contributed by atoms with Crippen molar-refractivity contribution in [1.29, 1.82) is 0 Å². The first-order valence-corrected chi connectivity index (χ1v) is 11.0. The number of nitrogens with zero attached hydrogens (tertiary/aromatic N) is 3. The number of anilines is 2. The summed E-state index contributed by atoms with van der Waals surface area (Å²) < 4.78 is 0. The summed E-state index contributed by atoms with van der Waals surface area (Å²) in [5, 5.41) is 13.6. The summed E-state index contributed by atoms with van der Waals surface area (Å²) in [6, 6.07) is 18.2. The highest BCUT2D eigenvalue weighted by atomic mass is 35.5. The molecule has 0 unspecified atom stereocenters. The van der Waals surface area contributed by atoms with E-state index in [-0.39, 0.29) is 11.8 Å². The molecule has 2 heterocycles. The van der Waals surface area contributed by atoms with Gasteiger partial charge in [-0.15, -0.1) is 10.2 Å². The number of halogens is 1. The molecule has 1 aliphatic rings. The molecule has 0 radical (unpaired) electrons. The van der Waals surface area contributed by atoms with Crippen molar-refractivity contribution in [1.82, 2.24) is 10.2 Å². The number of benzene rings is 2. The normalized spacial score (nSPS) is 14.7. The van der Waals surface area contributed by atoms with Crippen LogP contribution < -0.4 is 10.2 Å². The van der Waals surface area contributed by atoms with Gasteiger partial charge in [0.05, 0.1) is 0 Å². The van der Waals surface area contributed by atoms with E-state index in [9.17, 15) is 4.79 Å². The lowest BCUT2D eigenvalue weighted by Crippen LogP contribution is -2.38. The van der Waals surface area contributed by atoms with Gasteiger partial charge in [-0.1, -0.05) is 59.3 Å². The van der Waals surface area contributed by atoms with Gasteiger partial charge in [0, 0.05) is 36.1 Å². The molecule has 0 saturated carbocycles. The summed E-state index contributed by atoms with van der Waals surface area (Å²) in [5.41, 5.74) is 2.39. The zero-order valence-electron chi connectivity index (χ0n) is 16.1. The second-order valence-corrected chi connectivity index (χ2v) is 8.72. The summed E-state index contributed by atoms with van der Waals surface area (Å²) in [6.07, 6.45) is 3.39. The molecule has 7 heteroatoms. The summed E-state index contributed by atoms with van der Waals surface area (Å²) in [6.45, 7) is 1.69. The van der Waals surface area contributed by atoms with Crippen LogP contribution in [0.25, 0.3) is 0 Å². The van der Waals surface area contributed by atoms with E-state index < -0.39 is 0 Å². The van der Waals surface area contributed by atoms with Crippen LogP contribution >= 0.6 is 22.9 Å². The van der Waals surface area contributed by atoms with Crippen LogP contribution in [0, 0.1) is 5.92 Å². The quantitative estimate of drug-likeness (QED) is 0.613. The third-order valence-electron chi connectivity index (χ3n) is 5.21. The molecule has 1 saturated heterocycles. The second kappa shape index (κ2) is 9.37. The topological polar surface area (TPSA) is 58.1 Å². The highest BCUT2D eigenvalue weighted by Gasteiger charge is 2.26. The van der Waals surface area contributed by atoms with Crippen molar-refractivity contribution >= 4 is 39.7 Å². The van der Waals surface area contributed by atoms with Gasteiger partial charge < -0.3 is 10.2 Å². The van der Waals surface area contributed by atoms with Crippen LogP contribution in [0.15, 0.2) is 54.6 Å². The molecule has 150 valence electrons. The largest absolute Gasteiger partial charge is 0.371 e. The predicted molar refractivity (Wildman–Crippen MR) is 119 cm³/mol. The van der Waals surface area contributed by atoms with Gasteiger partial charge in [-0.25, -0.2) is 0 Å². The van der Waals surface area contributed by atoms with Gasteiger partial charge in [-0.2, -0.15) is 0 Å². The molecule has 1 N–H and O–H groups in total. The molecule has 4 rings (SSSR count). The van der Waals surface area contributed by atoms with Crippen LogP contribution in [-0.2, 0) is 17.6 Å². The second-order valence-electron chi connectivity index (χ2n) is 7.22. The van der Waals surface area contributed by atoms with Crippen LogP contribution in [0.1, 0.15) is 23.4 Å². The first-order chi connectivity index (χ1) is 14.2. The van der Waals surface area contributed by atoms with Gasteiger partial charge in [-0.3, -0.25) is 4.79 Å². The van der Waals surface area contributed by atoms with Crippen molar-refractivity contribution in [2.45, 2.75) is 25.7 Å². The lowest BCUT2D eigenvalue weighted by molar-refractivity contribution is -0.120. The van der Waals surface area contributed by atoms with Crippen molar-refractivity contribution in [3.8, 4) is 0 Å². The molecule has 5 nitrogen and oxygen atoms in total. The highest BCUT2D eigenvalue weighted by Crippen LogP contribution is 2.27. The van der Waals surface area contributed by atoms with Gasteiger partial charge in [0.1, 0.15) is 5.01 Å². The summed E-state index contributed by atoms with van der Waals surface area (Å²) in [7, 11) is 0. The Morgan fingerprint density at radius 1 is 1.07 bits per heavy atom. The molecule has 2 aromatic carbocycles. The number of carbonyl (C=O) groups is 1. The maximum Gasteiger partial charge on any atom is 0.229 e. The summed E-state index contributed by atoms with van der Waals surface area (Å²) >= 11 is 7.55. The van der Waals surface area contributed by atoms with E-state index in [4.69, 9.17) is 11.6 Å². The minimum Gasteiger partial charge on any atom is -0.371 e. The number of hydrogen-bond donors (Lipinski definition) is 1. The number of piperidine rings is 1. The van der Waals surface area contributed by atoms with E-state index in [1.54, 1.807) is 0 Å². The third-order valence-corrected chi connectivity index (χ3v) is 6.34. The molecular formula is C22H23ClN4OS. The Kier molecular flexibility index (Phi) is 6.42. The maximum absolute atomic E-state index is 12.6. The Bertz CT molecular complexity index is 954. The van der Waals surface area contributed by atoms with Crippen LogP contribution in [0.4, 0.5) is 10.8 Å². The van der Waals surface area contributed by atoms with E-state index in [2.05, 4.69) is 38.6 Å². The molecule has 29 heavy (non-hydrogen) atoms. The highest BCUT2D eigenvalue weighted by molar-refractivity contribution is 7.15. The SMILES string of the molecule is O=C(Nc1nnc(CCc2ccccc2)s1)C1CCN(c2cccc(Cl)c2)CC1. The van der Waals surface area contributed by atoms with Crippen molar-refractivity contribution in [2.75, 3.05) is 23.3 Å². The Morgan fingerprint density at radius 3 is 2.62 bits per heavy atom. The van der Waals surface area contributed by atoms with E-state index in [0.29, 0.717) is 5.13 Å². The lowest BCUT2D eigenvalue weighted by Gasteiger charge is -2.32. The fourth-order valence-corrected chi connectivity index (χ4v) is 4.51. The first-order valence-electron chi connectivity index (χ1n) is 9.85. The average Bonchev–Trinajstić information content (AvgIpc) is 3.20. The smallest absolute Gasteiger partial charge is 0.229 e. The molecule has 3 aromatic rings. The Hall–Kier alpha value is -2.44. The van der Waals surface area contributed by atoms with Gasteiger partial charge in [-0.05, 0) is 43.0 Å². The maximum atomic E-state index is 12.6. The van der Waals surface area contributed by atoms with Gasteiger partial charge in [0.2, 0.25) is 11.0 Å². The van der Waals surface area contributed by atoms with E-state index >= 15 is 0 Å². The molecular weight excluding hydrogens is 404 g/mol. The fraction of sp³-hybridized carbons (Fsp3) is 0.318. The van der Waals surface area contributed by atoms with Crippen molar-refractivity contribution in [3.63, 3.8) is 0 Å². The molecule has 0 aliphatic carbocycles. The van der Waals surface area contributed by atoms with Crippen molar-refractivity contribution < 1.29 is 4.79 Å². The van der Waals surface area contributed by atoms with Gasteiger partial charge in [0.15, 0.2) is 0 Å². The summed E-state index contributed by atoms with van der Waals surface area (Å²) in [4.78, 5) is 14.9. The Morgan fingerprint density at radius 2 is 1.86 bits per heavy atom.